The Morgan fingerprint density at radius 1 is 0.968 bits per heavy atom. The van der Waals surface area contributed by atoms with Gasteiger partial charge in [-0.05, 0) is 31.2 Å². The number of methoxy groups -OCH3 is 1. The van der Waals surface area contributed by atoms with E-state index in [-0.39, 0.29) is 6.04 Å². The lowest BCUT2D eigenvalue weighted by atomic mass is 10.2. The lowest BCUT2D eigenvalue weighted by molar-refractivity contribution is 0.305. The highest BCUT2D eigenvalue weighted by Crippen LogP contribution is 2.27. The van der Waals surface area contributed by atoms with Crippen LogP contribution in [0.3, 0.4) is 0 Å². The summed E-state index contributed by atoms with van der Waals surface area (Å²) in [5, 5.41) is 0. The Labute approximate surface area is 182 Å². The number of sulfonamides is 1. The molecule has 1 aliphatic heterocycles. The van der Waals surface area contributed by atoms with Crippen molar-refractivity contribution in [1.29, 1.82) is 0 Å². The molecule has 0 aliphatic carbocycles. The van der Waals surface area contributed by atoms with E-state index in [9.17, 15) is 8.42 Å². The minimum atomic E-state index is -3.53. The topological polar surface area (TPSA) is 84.9 Å². The number of benzene rings is 2. The summed E-state index contributed by atoms with van der Waals surface area (Å²) in [5.41, 5.74) is 0. The molecule has 2 aromatic carbocycles. The highest BCUT2D eigenvalue weighted by atomic mass is 32.2. The molecule has 1 atom stereocenters. The van der Waals surface area contributed by atoms with Gasteiger partial charge in [0.1, 0.15) is 23.6 Å². The summed E-state index contributed by atoms with van der Waals surface area (Å²) < 4.78 is 38.6. The normalized spacial score (nSPS) is 17.4. The van der Waals surface area contributed by atoms with Gasteiger partial charge in [0.15, 0.2) is 0 Å². The molecule has 4 rings (SSSR count). The molecule has 1 aliphatic rings. The van der Waals surface area contributed by atoms with Crippen molar-refractivity contribution in [2.45, 2.75) is 17.9 Å². The molecule has 0 bridgehead atoms. The van der Waals surface area contributed by atoms with Gasteiger partial charge >= 0.3 is 0 Å². The molecule has 0 spiro atoms. The van der Waals surface area contributed by atoms with Gasteiger partial charge in [0.2, 0.25) is 15.9 Å². The quantitative estimate of drug-likeness (QED) is 0.582. The van der Waals surface area contributed by atoms with Crippen molar-refractivity contribution in [3.05, 3.63) is 67.0 Å². The van der Waals surface area contributed by atoms with Gasteiger partial charge in [-0.1, -0.05) is 24.3 Å². The van der Waals surface area contributed by atoms with Crippen LogP contribution in [-0.2, 0) is 10.0 Å². The standard InChI is InChI=1S/C22H24N4O4S/c1-17-15-25(11-12-26(17)31(27,28)20-9-4-3-5-10-20)21-14-22(24-16-23-21)30-19-8-6-7-18(13-19)29-2/h3-10,13-14,16-17H,11-12,15H2,1-2H3. The average molecular weight is 441 g/mol. The van der Waals surface area contributed by atoms with E-state index in [0.717, 1.165) is 0 Å². The summed E-state index contributed by atoms with van der Waals surface area (Å²) in [5.74, 6) is 2.40. The predicted molar refractivity (Wildman–Crippen MR) is 117 cm³/mol. The van der Waals surface area contributed by atoms with Crippen molar-refractivity contribution in [3.63, 3.8) is 0 Å². The van der Waals surface area contributed by atoms with Crippen LogP contribution in [0.1, 0.15) is 6.92 Å². The third kappa shape index (κ3) is 4.62. The molecule has 1 unspecified atom stereocenters. The predicted octanol–water partition coefficient (Wildman–Crippen LogP) is 3.18. The fourth-order valence-corrected chi connectivity index (χ4v) is 5.21. The number of aromatic nitrogens is 2. The first-order valence-electron chi connectivity index (χ1n) is 9.93. The number of hydrogen-bond acceptors (Lipinski definition) is 7. The van der Waals surface area contributed by atoms with E-state index in [4.69, 9.17) is 9.47 Å². The molecule has 9 heteroatoms. The van der Waals surface area contributed by atoms with Crippen molar-refractivity contribution in [1.82, 2.24) is 14.3 Å². The van der Waals surface area contributed by atoms with Crippen LogP contribution in [-0.4, -0.2) is 55.5 Å². The summed E-state index contributed by atoms with van der Waals surface area (Å²) in [4.78, 5) is 10.9. The zero-order valence-corrected chi connectivity index (χ0v) is 18.2. The van der Waals surface area contributed by atoms with Crippen LogP contribution >= 0.6 is 0 Å². The Balaban J connectivity index is 1.48. The van der Waals surface area contributed by atoms with Gasteiger partial charge in [0.25, 0.3) is 0 Å². The number of anilines is 1. The van der Waals surface area contributed by atoms with Crippen molar-refractivity contribution in [3.8, 4) is 17.4 Å². The highest BCUT2D eigenvalue weighted by Gasteiger charge is 2.34. The highest BCUT2D eigenvalue weighted by molar-refractivity contribution is 7.89. The maximum Gasteiger partial charge on any atom is 0.243 e. The van der Waals surface area contributed by atoms with Gasteiger partial charge in [-0.3, -0.25) is 0 Å². The van der Waals surface area contributed by atoms with Gasteiger partial charge in [-0.2, -0.15) is 4.31 Å². The maximum absolute atomic E-state index is 13.0. The van der Waals surface area contributed by atoms with E-state index in [2.05, 4.69) is 9.97 Å². The second-order valence-electron chi connectivity index (χ2n) is 7.22. The first-order chi connectivity index (χ1) is 15.0. The number of hydrogen-bond donors (Lipinski definition) is 0. The van der Waals surface area contributed by atoms with E-state index in [1.54, 1.807) is 53.9 Å². The van der Waals surface area contributed by atoms with Crippen molar-refractivity contribution < 1.29 is 17.9 Å². The van der Waals surface area contributed by atoms with E-state index < -0.39 is 10.0 Å². The smallest absolute Gasteiger partial charge is 0.243 e. The minimum absolute atomic E-state index is 0.211. The van der Waals surface area contributed by atoms with E-state index in [1.165, 1.54) is 6.33 Å². The molecule has 162 valence electrons. The monoisotopic (exact) mass is 440 g/mol. The zero-order chi connectivity index (χ0) is 21.8. The molecule has 1 fully saturated rings. The van der Waals surface area contributed by atoms with Crippen LogP contribution in [0, 0.1) is 0 Å². The molecular weight excluding hydrogens is 416 g/mol. The Hall–Kier alpha value is -3.17. The largest absolute Gasteiger partial charge is 0.497 e. The number of rotatable bonds is 6. The van der Waals surface area contributed by atoms with Gasteiger partial charge in [0, 0.05) is 37.8 Å². The summed E-state index contributed by atoms with van der Waals surface area (Å²) in [6.45, 7) is 3.31. The summed E-state index contributed by atoms with van der Waals surface area (Å²) in [6.07, 6.45) is 1.45. The molecule has 0 radical (unpaired) electrons. The van der Waals surface area contributed by atoms with Crippen molar-refractivity contribution >= 4 is 15.8 Å². The molecule has 2 heterocycles. The maximum atomic E-state index is 13.0. The molecule has 1 saturated heterocycles. The third-order valence-electron chi connectivity index (χ3n) is 5.13. The van der Waals surface area contributed by atoms with Gasteiger partial charge in [-0.25, -0.2) is 18.4 Å². The van der Waals surface area contributed by atoms with Crippen LogP contribution < -0.4 is 14.4 Å². The first-order valence-corrected chi connectivity index (χ1v) is 11.4. The van der Waals surface area contributed by atoms with Crippen LogP contribution in [0.4, 0.5) is 5.82 Å². The molecule has 1 aromatic heterocycles. The molecule has 0 saturated carbocycles. The third-order valence-corrected chi connectivity index (χ3v) is 7.16. The Morgan fingerprint density at radius 2 is 1.74 bits per heavy atom. The summed E-state index contributed by atoms with van der Waals surface area (Å²) in [7, 11) is -1.94. The van der Waals surface area contributed by atoms with E-state index in [1.807, 2.05) is 30.0 Å². The number of nitrogens with zero attached hydrogens (tertiary/aromatic N) is 4. The lowest BCUT2D eigenvalue weighted by Crippen LogP contribution is -2.54. The Bertz CT molecular complexity index is 1140. The summed E-state index contributed by atoms with van der Waals surface area (Å²) >= 11 is 0. The Morgan fingerprint density at radius 3 is 2.48 bits per heavy atom. The van der Waals surface area contributed by atoms with Gasteiger partial charge < -0.3 is 14.4 Å². The van der Waals surface area contributed by atoms with Crippen LogP contribution in [0.15, 0.2) is 71.9 Å². The molecular formula is C22H24N4O4S. The number of piperazine rings is 1. The SMILES string of the molecule is COc1cccc(Oc2cc(N3CCN(S(=O)(=O)c4ccccc4)C(C)C3)ncn2)c1. The van der Waals surface area contributed by atoms with Crippen molar-refractivity contribution in [2.75, 3.05) is 31.6 Å². The van der Waals surface area contributed by atoms with E-state index in [0.29, 0.717) is 47.7 Å². The minimum Gasteiger partial charge on any atom is -0.497 e. The van der Waals surface area contributed by atoms with Gasteiger partial charge in [-0.15, -0.1) is 0 Å². The number of ether oxygens (including phenoxy) is 2. The van der Waals surface area contributed by atoms with Gasteiger partial charge in [0.05, 0.1) is 12.0 Å². The molecule has 3 aromatic rings. The molecule has 8 nitrogen and oxygen atoms in total. The van der Waals surface area contributed by atoms with Crippen molar-refractivity contribution in [2.24, 2.45) is 0 Å². The fourth-order valence-electron chi connectivity index (χ4n) is 3.58. The second-order valence-corrected chi connectivity index (χ2v) is 9.11. The molecule has 0 N–H and O–H groups in total. The average Bonchev–Trinajstić information content (AvgIpc) is 2.80. The van der Waals surface area contributed by atoms with Crippen LogP contribution in [0.25, 0.3) is 0 Å². The zero-order valence-electron chi connectivity index (χ0n) is 17.4. The lowest BCUT2D eigenvalue weighted by Gasteiger charge is -2.39. The van der Waals surface area contributed by atoms with Crippen LogP contribution in [0.2, 0.25) is 0 Å². The second kappa shape index (κ2) is 8.91. The van der Waals surface area contributed by atoms with Crippen LogP contribution in [0.5, 0.6) is 17.4 Å². The molecule has 0 amide bonds. The molecule has 31 heavy (non-hydrogen) atoms. The van der Waals surface area contributed by atoms with E-state index >= 15 is 0 Å². The Kier molecular flexibility index (Phi) is 6.06. The fraction of sp³-hybridized carbons (Fsp3) is 0.273. The summed E-state index contributed by atoms with van der Waals surface area (Å²) in [6, 6.07) is 17.3. The first kappa shape index (κ1) is 21.1.